The SMILES string of the molecule is Cc1nc(-c2ncc(Br)cn2)n[nH]1. The molecule has 0 aliphatic carbocycles. The van der Waals surface area contributed by atoms with Crippen molar-refractivity contribution in [3.63, 3.8) is 0 Å². The van der Waals surface area contributed by atoms with Gasteiger partial charge in [-0.1, -0.05) is 0 Å². The predicted octanol–water partition coefficient (Wildman–Crippen LogP) is 1.33. The van der Waals surface area contributed by atoms with Crippen molar-refractivity contribution in [2.24, 2.45) is 0 Å². The molecule has 0 fully saturated rings. The van der Waals surface area contributed by atoms with Gasteiger partial charge in [-0.25, -0.2) is 15.0 Å². The Morgan fingerprint density at radius 2 is 1.92 bits per heavy atom. The number of aryl methyl sites for hydroxylation is 1. The summed E-state index contributed by atoms with van der Waals surface area (Å²) in [7, 11) is 0. The van der Waals surface area contributed by atoms with Gasteiger partial charge in [-0.15, -0.1) is 5.10 Å². The van der Waals surface area contributed by atoms with E-state index in [-0.39, 0.29) is 0 Å². The average Bonchev–Trinajstić information content (AvgIpc) is 2.53. The van der Waals surface area contributed by atoms with Gasteiger partial charge in [-0.3, -0.25) is 5.10 Å². The minimum Gasteiger partial charge on any atom is -0.263 e. The number of rotatable bonds is 1. The number of aromatic nitrogens is 5. The molecule has 5 nitrogen and oxygen atoms in total. The summed E-state index contributed by atoms with van der Waals surface area (Å²) in [5.41, 5.74) is 0. The zero-order chi connectivity index (χ0) is 9.26. The molecule has 0 saturated heterocycles. The molecule has 2 rings (SSSR count). The fourth-order valence-corrected chi connectivity index (χ4v) is 1.08. The summed E-state index contributed by atoms with van der Waals surface area (Å²) < 4.78 is 0.837. The Balaban J connectivity index is 2.41. The van der Waals surface area contributed by atoms with Gasteiger partial charge in [0.1, 0.15) is 5.82 Å². The summed E-state index contributed by atoms with van der Waals surface area (Å²) in [5.74, 6) is 1.79. The molecule has 0 atom stereocenters. The first-order chi connectivity index (χ1) is 6.25. The van der Waals surface area contributed by atoms with Gasteiger partial charge in [-0.05, 0) is 22.9 Å². The van der Waals surface area contributed by atoms with Gasteiger partial charge >= 0.3 is 0 Å². The number of H-pyrrole nitrogens is 1. The maximum absolute atomic E-state index is 4.10. The van der Waals surface area contributed by atoms with Crippen LogP contribution in [0.3, 0.4) is 0 Å². The lowest BCUT2D eigenvalue weighted by molar-refractivity contribution is 1.03. The summed E-state index contributed by atoms with van der Waals surface area (Å²) >= 11 is 3.25. The first-order valence-electron chi connectivity index (χ1n) is 3.62. The van der Waals surface area contributed by atoms with Crippen molar-refractivity contribution in [1.29, 1.82) is 0 Å². The number of aromatic amines is 1. The van der Waals surface area contributed by atoms with Crippen LogP contribution in [0.15, 0.2) is 16.9 Å². The van der Waals surface area contributed by atoms with E-state index in [2.05, 4.69) is 41.1 Å². The molecule has 0 aliphatic rings. The van der Waals surface area contributed by atoms with Gasteiger partial charge in [0.2, 0.25) is 5.82 Å². The highest BCUT2D eigenvalue weighted by Crippen LogP contribution is 2.10. The van der Waals surface area contributed by atoms with E-state index >= 15 is 0 Å². The minimum absolute atomic E-state index is 0.519. The normalized spacial score (nSPS) is 10.3. The van der Waals surface area contributed by atoms with Crippen LogP contribution >= 0.6 is 15.9 Å². The van der Waals surface area contributed by atoms with Crippen molar-refractivity contribution in [2.75, 3.05) is 0 Å². The maximum Gasteiger partial charge on any atom is 0.218 e. The lowest BCUT2D eigenvalue weighted by atomic mass is 10.5. The van der Waals surface area contributed by atoms with Gasteiger partial charge in [0.15, 0.2) is 5.82 Å². The van der Waals surface area contributed by atoms with E-state index in [0.717, 1.165) is 10.3 Å². The Kier molecular flexibility index (Phi) is 2.05. The third-order valence-corrected chi connectivity index (χ3v) is 1.83. The zero-order valence-corrected chi connectivity index (χ0v) is 8.41. The average molecular weight is 240 g/mol. The van der Waals surface area contributed by atoms with Crippen molar-refractivity contribution >= 4 is 15.9 Å². The van der Waals surface area contributed by atoms with Crippen LogP contribution in [-0.2, 0) is 0 Å². The second kappa shape index (κ2) is 3.21. The Hall–Kier alpha value is -1.30. The van der Waals surface area contributed by atoms with Crippen LogP contribution in [0.2, 0.25) is 0 Å². The molecule has 0 aliphatic heterocycles. The molecule has 0 amide bonds. The van der Waals surface area contributed by atoms with E-state index in [1.54, 1.807) is 12.4 Å². The summed E-state index contributed by atoms with van der Waals surface area (Å²) in [5, 5.41) is 6.67. The van der Waals surface area contributed by atoms with E-state index in [0.29, 0.717) is 11.6 Å². The van der Waals surface area contributed by atoms with Gasteiger partial charge in [0.25, 0.3) is 0 Å². The first kappa shape index (κ1) is 8.31. The van der Waals surface area contributed by atoms with Crippen LogP contribution in [0.25, 0.3) is 11.6 Å². The molecule has 0 spiro atoms. The van der Waals surface area contributed by atoms with Crippen LogP contribution in [-0.4, -0.2) is 25.1 Å². The molecule has 2 aromatic rings. The van der Waals surface area contributed by atoms with Crippen LogP contribution < -0.4 is 0 Å². The molecular formula is C7H6BrN5. The Labute approximate surface area is 82.8 Å². The zero-order valence-electron chi connectivity index (χ0n) is 6.82. The van der Waals surface area contributed by atoms with E-state index in [1.807, 2.05) is 6.92 Å². The second-order valence-corrected chi connectivity index (χ2v) is 3.38. The Morgan fingerprint density at radius 3 is 2.46 bits per heavy atom. The summed E-state index contributed by atoms with van der Waals surface area (Å²) in [4.78, 5) is 12.2. The van der Waals surface area contributed by atoms with Crippen molar-refractivity contribution < 1.29 is 0 Å². The van der Waals surface area contributed by atoms with Crippen molar-refractivity contribution in [3.05, 3.63) is 22.7 Å². The molecule has 0 unspecified atom stereocenters. The third kappa shape index (κ3) is 1.72. The molecule has 66 valence electrons. The molecule has 0 bridgehead atoms. The molecule has 0 radical (unpaired) electrons. The molecule has 2 aromatic heterocycles. The fourth-order valence-electron chi connectivity index (χ4n) is 0.870. The lowest BCUT2D eigenvalue weighted by Gasteiger charge is -1.91. The Bertz CT molecular complexity index is 407. The number of nitrogens with one attached hydrogen (secondary N) is 1. The first-order valence-corrected chi connectivity index (χ1v) is 4.42. The topological polar surface area (TPSA) is 67.3 Å². The van der Waals surface area contributed by atoms with E-state index in [9.17, 15) is 0 Å². The van der Waals surface area contributed by atoms with Crippen LogP contribution in [0.1, 0.15) is 5.82 Å². The van der Waals surface area contributed by atoms with E-state index in [4.69, 9.17) is 0 Å². The highest BCUT2D eigenvalue weighted by Gasteiger charge is 2.05. The Morgan fingerprint density at radius 1 is 1.23 bits per heavy atom. The summed E-state index contributed by atoms with van der Waals surface area (Å²) in [6.07, 6.45) is 3.32. The fraction of sp³-hybridized carbons (Fsp3) is 0.143. The smallest absolute Gasteiger partial charge is 0.218 e. The highest BCUT2D eigenvalue weighted by molar-refractivity contribution is 9.10. The van der Waals surface area contributed by atoms with Crippen molar-refractivity contribution in [1.82, 2.24) is 25.1 Å². The number of hydrogen-bond donors (Lipinski definition) is 1. The quantitative estimate of drug-likeness (QED) is 0.816. The number of halogens is 1. The molecule has 2 heterocycles. The van der Waals surface area contributed by atoms with E-state index < -0.39 is 0 Å². The molecule has 0 aromatic carbocycles. The molecule has 1 N–H and O–H groups in total. The molecular weight excluding hydrogens is 234 g/mol. The van der Waals surface area contributed by atoms with Gasteiger partial charge < -0.3 is 0 Å². The third-order valence-electron chi connectivity index (χ3n) is 1.42. The van der Waals surface area contributed by atoms with Crippen LogP contribution in [0.4, 0.5) is 0 Å². The maximum atomic E-state index is 4.10. The van der Waals surface area contributed by atoms with Gasteiger partial charge in [0.05, 0.1) is 4.47 Å². The number of nitrogens with zero attached hydrogens (tertiary/aromatic N) is 4. The van der Waals surface area contributed by atoms with Crippen LogP contribution in [0, 0.1) is 6.92 Å². The lowest BCUT2D eigenvalue weighted by Crippen LogP contribution is -1.89. The summed E-state index contributed by atoms with van der Waals surface area (Å²) in [6, 6.07) is 0. The van der Waals surface area contributed by atoms with Crippen LogP contribution in [0.5, 0.6) is 0 Å². The standard InChI is InChI=1S/C7H6BrN5/c1-4-11-7(13-12-4)6-9-2-5(8)3-10-6/h2-3H,1H3,(H,11,12,13). The van der Waals surface area contributed by atoms with Gasteiger partial charge in [-0.2, -0.15) is 0 Å². The van der Waals surface area contributed by atoms with Gasteiger partial charge in [0, 0.05) is 12.4 Å². The highest BCUT2D eigenvalue weighted by atomic mass is 79.9. The molecule has 6 heteroatoms. The number of hydrogen-bond acceptors (Lipinski definition) is 4. The van der Waals surface area contributed by atoms with Crippen molar-refractivity contribution in [2.45, 2.75) is 6.92 Å². The largest absolute Gasteiger partial charge is 0.263 e. The van der Waals surface area contributed by atoms with Crippen molar-refractivity contribution in [3.8, 4) is 11.6 Å². The predicted molar refractivity (Wildman–Crippen MR) is 49.8 cm³/mol. The molecule has 13 heavy (non-hydrogen) atoms. The second-order valence-electron chi connectivity index (χ2n) is 2.47. The van der Waals surface area contributed by atoms with E-state index in [1.165, 1.54) is 0 Å². The summed E-state index contributed by atoms with van der Waals surface area (Å²) in [6.45, 7) is 1.83. The molecule has 0 saturated carbocycles. The minimum atomic E-state index is 0.519. The monoisotopic (exact) mass is 239 g/mol.